The van der Waals surface area contributed by atoms with Crippen LogP contribution in [-0.2, 0) is 16.6 Å². The topological polar surface area (TPSA) is 74.8 Å². The second kappa shape index (κ2) is 10.5. The summed E-state index contributed by atoms with van der Waals surface area (Å²) >= 11 is 1.31. The zero-order chi connectivity index (χ0) is 27.8. The molecule has 0 bridgehead atoms. The number of aromatic nitrogens is 2. The van der Waals surface area contributed by atoms with Gasteiger partial charge in [-0.25, -0.2) is 9.79 Å². The van der Waals surface area contributed by atoms with Gasteiger partial charge >= 0.3 is 5.97 Å². The maximum absolute atomic E-state index is 14.1. The largest absolute Gasteiger partial charge is 0.497 e. The van der Waals surface area contributed by atoms with E-state index in [1.54, 1.807) is 18.6 Å². The molecule has 6 rings (SSSR count). The van der Waals surface area contributed by atoms with Crippen LogP contribution in [0.3, 0.4) is 0 Å². The monoisotopic (exact) mass is 549 g/mol. The van der Waals surface area contributed by atoms with Crippen LogP contribution in [0.15, 0.2) is 100 Å². The summed E-state index contributed by atoms with van der Waals surface area (Å²) in [6, 6.07) is 24.3. The summed E-state index contributed by atoms with van der Waals surface area (Å²) in [7, 11) is 3.58. The summed E-state index contributed by atoms with van der Waals surface area (Å²) in [5.74, 6) is 0.109. The molecule has 0 spiro atoms. The highest BCUT2D eigenvalue weighted by Gasteiger charge is 2.35. The number of thiazole rings is 1. The molecule has 0 aliphatic carbocycles. The Bertz CT molecular complexity index is 1960. The predicted octanol–water partition coefficient (Wildman–Crippen LogP) is 4.44. The summed E-state index contributed by atoms with van der Waals surface area (Å²) in [6.45, 7) is 1.96. The highest BCUT2D eigenvalue weighted by molar-refractivity contribution is 7.07. The summed E-state index contributed by atoms with van der Waals surface area (Å²) in [6.07, 6.45) is 3.92. The van der Waals surface area contributed by atoms with Crippen LogP contribution < -0.4 is 19.6 Å². The summed E-state index contributed by atoms with van der Waals surface area (Å²) in [5.41, 5.74) is 4.09. The number of methoxy groups -OCH3 is 1. The Morgan fingerprint density at radius 2 is 1.82 bits per heavy atom. The molecule has 0 saturated carbocycles. The van der Waals surface area contributed by atoms with Crippen molar-refractivity contribution in [2.75, 3.05) is 13.7 Å². The maximum atomic E-state index is 14.1. The first-order chi connectivity index (χ1) is 19.5. The SMILES string of the molecule is CCOC(=O)C1=C(c2ccccc2)N=c2s/c(=C/c3cn(C)c4ccccc34)c(=O)n2[C@H]1c1cccc(OC)c1. The average Bonchev–Trinajstić information content (AvgIpc) is 3.48. The first-order valence-electron chi connectivity index (χ1n) is 13.0. The highest BCUT2D eigenvalue weighted by atomic mass is 32.1. The van der Waals surface area contributed by atoms with Crippen molar-refractivity contribution in [2.45, 2.75) is 13.0 Å². The Labute approximate surface area is 234 Å². The van der Waals surface area contributed by atoms with Crippen LogP contribution in [-0.4, -0.2) is 28.8 Å². The third kappa shape index (κ3) is 4.36. The fourth-order valence-electron chi connectivity index (χ4n) is 5.20. The van der Waals surface area contributed by atoms with Crippen molar-refractivity contribution >= 4 is 40.0 Å². The van der Waals surface area contributed by atoms with E-state index >= 15 is 0 Å². The Morgan fingerprint density at radius 3 is 2.60 bits per heavy atom. The van der Waals surface area contributed by atoms with Crippen LogP contribution in [0.2, 0.25) is 0 Å². The van der Waals surface area contributed by atoms with Crippen LogP contribution in [0.1, 0.15) is 29.7 Å². The molecule has 40 heavy (non-hydrogen) atoms. The van der Waals surface area contributed by atoms with Gasteiger partial charge in [0.15, 0.2) is 4.80 Å². The number of rotatable bonds is 6. The predicted molar refractivity (Wildman–Crippen MR) is 157 cm³/mol. The fourth-order valence-corrected chi connectivity index (χ4v) is 6.19. The van der Waals surface area contributed by atoms with Gasteiger partial charge in [-0.2, -0.15) is 0 Å². The van der Waals surface area contributed by atoms with E-state index < -0.39 is 12.0 Å². The zero-order valence-corrected chi connectivity index (χ0v) is 23.1. The molecule has 3 aromatic carbocycles. The van der Waals surface area contributed by atoms with Gasteiger partial charge in [-0.1, -0.05) is 72.0 Å². The molecule has 0 amide bonds. The minimum Gasteiger partial charge on any atom is -0.497 e. The number of nitrogens with zero attached hydrogens (tertiary/aromatic N) is 3. The van der Waals surface area contributed by atoms with E-state index in [2.05, 4.69) is 6.07 Å². The second-order valence-corrected chi connectivity index (χ2v) is 10.4. The smallest absolute Gasteiger partial charge is 0.338 e. The van der Waals surface area contributed by atoms with Crippen LogP contribution in [0, 0.1) is 0 Å². The molecule has 5 aromatic rings. The first kappa shape index (κ1) is 25.6. The molecular weight excluding hydrogens is 522 g/mol. The lowest BCUT2D eigenvalue weighted by Gasteiger charge is -2.26. The van der Waals surface area contributed by atoms with Crippen LogP contribution in [0.5, 0.6) is 5.75 Å². The van der Waals surface area contributed by atoms with E-state index in [0.717, 1.165) is 27.6 Å². The number of carbonyl (C=O) groups excluding carboxylic acids is 1. The van der Waals surface area contributed by atoms with E-state index in [9.17, 15) is 9.59 Å². The van der Waals surface area contributed by atoms with Gasteiger partial charge in [-0.15, -0.1) is 0 Å². The lowest BCUT2D eigenvalue weighted by molar-refractivity contribution is -0.138. The molecule has 7 nitrogen and oxygen atoms in total. The molecule has 0 saturated heterocycles. The standard InChI is InChI=1S/C32H27N3O4S/c1-4-39-31(37)27-28(20-11-6-5-7-12-20)33-32-35(29(27)21-13-10-14-23(17-21)38-3)30(36)26(40-32)18-22-19-34(2)25-16-9-8-15-24(22)25/h5-19,29H,4H2,1-3H3/b26-18+/t29-/m0/s1. The molecule has 1 aliphatic rings. The summed E-state index contributed by atoms with van der Waals surface area (Å²) in [5, 5.41) is 1.05. The molecule has 0 fully saturated rings. The number of fused-ring (bicyclic) bond motifs is 2. The Balaban J connectivity index is 1.66. The minimum atomic E-state index is -0.754. The third-order valence-electron chi connectivity index (χ3n) is 7.00. The van der Waals surface area contributed by atoms with Crippen LogP contribution >= 0.6 is 11.3 Å². The van der Waals surface area contributed by atoms with Gasteiger partial charge in [0, 0.05) is 35.3 Å². The van der Waals surface area contributed by atoms with Gasteiger partial charge in [-0.3, -0.25) is 9.36 Å². The van der Waals surface area contributed by atoms with Gasteiger partial charge in [0.05, 0.1) is 35.6 Å². The quantitative estimate of drug-likeness (QED) is 0.294. The Hall–Kier alpha value is -4.69. The van der Waals surface area contributed by atoms with Crippen LogP contribution in [0.4, 0.5) is 0 Å². The van der Waals surface area contributed by atoms with E-state index in [-0.39, 0.29) is 12.2 Å². The van der Waals surface area contributed by atoms with E-state index in [1.165, 1.54) is 11.3 Å². The first-order valence-corrected chi connectivity index (χ1v) is 13.8. The number of esters is 1. The lowest BCUT2D eigenvalue weighted by atomic mass is 9.93. The van der Waals surface area contributed by atoms with Crippen molar-refractivity contribution in [1.82, 2.24) is 9.13 Å². The molecule has 0 N–H and O–H groups in total. The lowest BCUT2D eigenvalue weighted by Crippen LogP contribution is -2.40. The molecule has 2 aromatic heterocycles. The van der Waals surface area contributed by atoms with Gasteiger partial charge in [0.2, 0.25) is 0 Å². The number of hydrogen-bond donors (Lipinski definition) is 0. The number of hydrogen-bond acceptors (Lipinski definition) is 6. The van der Waals surface area contributed by atoms with Crippen molar-refractivity contribution < 1.29 is 14.3 Å². The number of para-hydroxylation sites is 1. The molecule has 1 aliphatic heterocycles. The van der Waals surface area contributed by atoms with Gasteiger partial charge in [-0.05, 0) is 36.8 Å². The molecular formula is C32H27N3O4S. The summed E-state index contributed by atoms with van der Waals surface area (Å²) < 4.78 is 15.2. The van der Waals surface area contributed by atoms with Gasteiger partial charge in [0.1, 0.15) is 5.75 Å². The zero-order valence-electron chi connectivity index (χ0n) is 22.3. The normalized spacial score (nSPS) is 15.2. The number of carbonyl (C=O) groups is 1. The summed E-state index contributed by atoms with van der Waals surface area (Å²) in [4.78, 5) is 33.2. The average molecular weight is 550 g/mol. The highest BCUT2D eigenvalue weighted by Crippen LogP contribution is 2.36. The fraction of sp³-hybridized carbons (Fsp3) is 0.156. The van der Waals surface area contributed by atoms with Gasteiger partial charge < -0.3 is 14.0 Å². The second-order valence-electron chi connectivity index (χ2n) is 9.42. The number of aryl methyl sites for hydroxylation is 1. The van der Waals surface area contributed by atoms with E-state index in [0.29, 0.717) is 26.4 Å². The van der Waals surface area contributed by atoms with Crippen LogP contribution in [0.25, 0.3) is 22.7 Å². The van der Waals surface area contributed by atoms with E-state index in [4.69, 9.17) is 14.5 Å². The molecule has 0 unspecified atom stereocenters. The Morgan fingerprint density at radius 1 is 1.05 bits per heavy atom. The van der Waals surface area contributed by atoms with E-state index in [1.807, 2.05) is 96.7 Å². The van der Waals surface area contributed by atoms with Crippen molar-refractivity contribution in [3.05, 3.63) is 127 Å². The number of ether oxygens (including phenoxy) is 2. The third-order valence-corrected chi connectivity index (χ3v) is 7.98. The molecule has 200 valence electrons. The van der Waals surface area contributed by atoms with Crippen molar-refractivity contribution in [3.63, 3.8) is 0 Å². The molecule has 0 radical (unpaired) electrons. The van der Waals surface area contributed by atoms with Crippen molar-refractivity contribution in [3.8, 4) is 5.75 Å². The molecule has 8 heteroatoms. The van der Waals surface area contributed by atoms with Gasteiger partial charge in [0.25, 0.3) is 5.56 Å². The minimum absolute atomic E-state index is 0.195. The van der Waals surface area contributed by atoms with Crippen molar-refractivity contribution in [1.29, 1.82) is 0 Å². The number of benzene rings is 3. The van der Waals surface area contributed by atoms with Crippen molar-refractivity contribution in [2.24, 2.45) is 12.0 Å². The molecule has 3 heterocycles. The maximum Gasteiger partial charge on any atom is 0.338 e. The Kier molecular flexibility index (Phi) is 6.69. The molecule has 1 atom stereocenters.